The van der Waals surface area contributed by atoms with Crippen molar-refractivity contribution in [2.75, 3.05) is 19.8 Å². The molecule has 0 radical (unpaired) electrons. The lowest BCUT2D eigenvalue weighted by Crippen LogP contribution is -2.46. The van der Waals surface area contributed by atoms with Crippen molar-refractivity contribution in [3.05, 3.63) is 53.6 Å². The molecule has 0 saturated carbocycles. The maximum Gasteiger partial charge on any atom is 0.123 e. The van der Waals surface area contributed by atoms with Crippen LogP contribution in [0.2, 0.25) is 0 Å². The predicted molar refractivity (Wildman–Crippen MR) is 84.5 cm³/mol. The van der Waals surface area contributed by atoms with Crippen molar-refractivity contribution in [1.29, 1.82) is 0 Å². The predicted octanol–water partition coefficient (Wildman–Crippen LogP) is 1.78. The summed E-state index contributed by atoms with van der Waals surface area (Å²) in [5, 5.41) is 18.2. The number of aliphatic hydroxyl groups is 1. The number of hydrogen-bond donors (Lipinski definition) is 2. The van der Waals surface area contributed by atoms with Gasteiger partial charge in [0.25, 0.3) is 0 Å². The Kier molecular flexibility index (Phi) is 4.75. The minimum Gasteiger partial charge on any atom is -0.388 e. The quantitative estimate of drug-likeness (QED) is 0.882. The lowest BCUT2D eigenvalue weighted by Gasteiger charge is -2.33. The van der Waals surface area contributed by atoms with Crippen LogP contribution >= 0.6 is 0 Å². The van der Waals surface area contributed by atoms with E-state index in [2.05, 4.69) is 10.4 Å². The maximum absolute atomic E-state index is 13.6. The molecule has 2 heterocycles. The summed E-state index contributed by atoms with van der Waals surface area (Å²) in [5.74, 6) is -0.275. The molecule has 0 aliphatic carbocycles. The topological polar surface area (TPSA) is 59.3 Å². The highest BCUT2D eigenvalue weighted by atomic mass is 19.1. The zero-order chi connectivity index (χ0) is 16.3. The molecule has 1 aliphatic rings. The average Bonchev–Trinajstić information content (AvgIpc) is 2.94. The number of nitrogens with one attached hydrogen (secondary N) is 1. The van der Waals surface area contributed by atoms with Crippen LogP contribution in [-0.2, 0) is 11.8 Å². The van der Waals surface area contributed by atoms with Gasteiger partial charge in [0.2, 0.25) is 0 Å². The molecule has 2 aromatic rings. The molecule has 3 rings (SSSR count). The van der Waals surface area contributed by atoms with Crippen LogP contribution in [0.4, 0.5) is 4.39 Å². The second-order valence-corrected chi connectivity index (χ2v) is 6.15. The molecule has 2 N–H and O–H groups in total. The Labute approximate surface area is 135 Å². The monoisotopic (exact) mass is 319 g/mol. The van der Waals surface area contributed by atoms with Gasteiger partial charge in [-0.25, -0.2) is 4.39 Å². The third-order valence-corrected chi connectivity index (χ3v) is 4.30. The summed E-state index contributed by atoms with van der Waals surface area (Å²) in [5.41, 5.74) is 0.967. The normalized spacial score (nSPS) is 18.7. The minimum atomic E-state index is -0.786. The Morgan fingerprint density at radius 1 is 1.39 bits per heavy atom. The fourth-order valence-corrected chi connectivity index (χ4v) is 2.92. The largest absolute Gasteiger partial charge is 0.388 e. The second kappa shape index (κ2) is 6.78. The Bertz CT molecular complexity index is 653. The zero-order valence-electron chi connectivity index (χ0n) is 13.2. The number of aromatic nitrogens is 2. The molecule has 1 saturated heterocycles. The smallest absolute Gasteiger partial charge is 0.123 e. The van der Waals surface area contributed by atoms with E-state index in [1.54, 1.807) is 16.9 Å². The van der Waals surface area contributed by atoms with E-state index in [0.29, 0.717) is 32.6 Å². The number of halogens is 1. The standard InChI is InChI=1S/C17H22FN3O2/c1-21-11-14(10-20-21)16(13-3-2-4-15(18)9-13)19-12-17(22)5-7-23-8-6-17/h2-4,9-11,16,19,22H,5-8,12H2,1H3. The van der Waals surface area contributed by atoms with Crippen LogP contribution in [-0.4, -0.2) is 40.2 Å². The van der Waals surface area contributed by atoms with Crippen molar-refractivity contribution < 1.29 is 14.2 Å². The van der Waals surface area contributed by atoms with E-state index in [1.807, 2.05) is 19.3 Å². The van der Waals surface area contributed by atoms with Crippen molar-refractivity contribution in [1.82, 2.24) is 15.1 Å². The molecule has 1 fully saturated rings. The van der Waals surface area contributed by atoms with Gasteiger partial charge in [0.15, 0.2) is 0 Å². The second-order valence-electron chi connectivity index (χ2n) is 6.15. The van der Waals surface area contributed by atoms with Crippen molar-refractivity contribution in [3.8, 4) is 0 Å². The van der Waals surface area contributed by atoms with Gasteiger partial charge in [-0.05, 0) is 17.7 Å². The SMILES string of the molecule is Cn1cc(C(NCC2(O)CCOCC2)c2cccc(F)c2)cn1. The molecule has 23 heavy (non-hydrogen) atoms. The highest BCUT2D eigenvalue weighted by molar-refractivity contribution is 5.29. The van der Waals surface area contributed by atoms with Gasteiger partial charge >= 0.3 is 0 Å². The lowest BCUT2D eigenvalue weighted by atomic mass is 9.93. The number of aryl methyl sites for hydroxylation is 1. The summed E-state index contributed by atoms with van der Waals surface area (Å²) < 4.78 is 20.6. The van der Waals surface area contributed by atoms with Gasteiger partial charge in [0, 0.05) is 51.4 Å². The van der Waals surface area contributed by atoms with Crippen molar-refractivity contribution in [3.63, 3.8) is 0 Å². The number of benzene rings is 1. The highest BCUT2D eigenvalue weighted by Gasteiger charge is 2.31. The first-order chi connectivity index (χ1) is 11.1. The average molecular weight is 319 g/mol. The molecule has 0 spiro atoms. The molecule has 1 atom stereocenters. The summed E-state index contributed by atoms with van der Waals surface area (Å²) in [4.78, 5) is 0. The van der Waals surface area contributed by atoms with Crippen molar-refractivity contribution >= 4 is 0 Å². The molecule has 1 aliphatic heterocycles. The maximum atomic E-state index is 13.6. The Morgan fingerprint density at radius 2 is 2.17 bits per heavy atom. The number of nitrogens with zero attached hydrogens (tertiary/aromatic N) is 2. The molecule has 6 heteroatoms. The van der Waals surface area contributed by atoms with Gasteiger partial charge in [0.1, 0.15) is 5.82 Å². The first-order valence-electron chi connectivity index (χ1n) is 7.83. The van der Waals surface area contributed by atoms with Gasteiger partial charge in [-0.1, -0.05) is 12.1 Å². The van der Waals surface area contributed by atoms with E-state index >= 15 is 0 Å². The Hall–Kier alpha value is -1.76. The Morgan fingerprint density at radius 3 is 2.83 bits per heavy atom. The van der Waals surface area contributed by atoms with E-state index in [0.717, 1.165) is 11.1 Å². The van der Waals surface area contributed by atoms with E-state index in [1.165, 1.54) is 12.1 Å². The summed E-state index contributed by atoms with van der Waals surface area (Å²) in [6.45, 7) is 1.55. The van der Waals surface area contributed by atoms with Crippen LogP contribution in [0.1, 0.15) is 30.0 Å². The molecule has 0 amide bonds. The molecule has 1 unspecified atom stereocenters. The summed E-state index contributed by atoms with van der Waals surface area (Å²) in [6, 6.07) is 6.29. The van der Waals surface area contributed by atoms with Crippen LogP contribution in [0.15, 0.2) is 36.7 Å². The zero-order valence-corrected chi connectivity index (χ0v) is 13.2. The van der Waals surface area contributed by atoms with E-state index in [4.69, 9.17) is 4.74 Å². The number of hydrogen-bond acceptors (Lipinski definition) is 4. The first-order valence-corrected chi connectivity index (χ1v) is 7.83. The fourth-order valence-electron chi connectivity index (χ4n) is 2.92. The van der Waals surface area contributed by atoms with Crippen LogP contribution in [0, 0.1) is 5.82 Å². The van der Waals surface area contributed by atoms with Crippen LogP contribution in [0.5, 0.6) is 0 Å². The summed E-state index contributed by atoms with van der Waals surface area (Å²) in [7, 11) is 1.85. The van der Waals surface area contributed by atoms with Gasteiger partial charge in [-0.3, -0.25) is 4.68 Å². The van der Waals surface area contributed by atoms with Gasteiger partial charge in [-0.2, -0.15) is 5.10 Å². The molecule has 5 nitrogen and oxygen atoms in total. The van der Waals surface area contributed by atoms with Crippen molar-refractivity contribution in [2.24, 2.45) is 7.05 Å². The molecular weight excluding hydrogens is 297 g/mol. The van der Waals surface area contributed by atoms with E-state index in [9.17, 15) is 9.50 Å². The third kappa shape index (κ3) is 3.96. The first kappa shape index (κ1) is 16.1. The van der Waals surface area contributed by atoms with Crippen molar-refractivity contribution in [2.45, 2.75) is 24.5 Å². The van der Waals surface area contributed by atoms with Crippen LogP contribution in [0.25, 0.3) is 0 Å². The molecule has 1 aromatic carbocycles. The molecule has 124 valence electrons. The van der Waals surface area contributed by atoms with Gasteiger partial charge < -0.3 is 15.2 Å². The number of rotatable bonds is 5. The number of ether oxygens (including phenoxy) is 1. The Balaban J connectivity index is 1.80. The molecular formula is C17H22FN3O2. The van der Waals surface area contributed by atoms with Gasteiger partial charge in [0.05, 0.1) is 17.8 Å². The lowest BCUT2D eigenvalue weighted by molar-refractivity contribution is -0.0623. The van der Waals surface area contributed by atoms with Gasteiger partial charge in [-0.15, -0.1) is 0 Å². The minimum absolute atomic E-state index is 0.216. The summed E-state index contributed by atoms with van der Waals surface area (Å²) in [6.07, 6.45) is 4.86. The third-order valence-electron chi connectivity index (χ3n) is 4.30. The highest BCUT2D eigenvalue weighted by Crippen LogP contribution is 2.25. The molecule has 1 aromatic heterocycles. The van der Waals surface area contributed by atoms with E-state index in [-0.39, 0.29) is 11.9 Å². The fraction of sp³-hybridized carbons (Fsp3) is 0.471. The van der Waals surface area contributed by atoms with Crippen LogP contribution < -0.4 is 5.32 Å². The molecule has 0 bridgehead atoms. The van der Waals surface area contributed by atoms with Crippen LogP contribution in [0.3, 0.4) is 0 Å². The summed E-state index contributed by atoms with van der Waals surface area (Å²) >= 11 is 0. The van der Waals surface area contributed by atoms with E-state index < -0.39 is 5.60 Å².